The molecule has 0 spiro atoms. The van der Waals surface area contributed by atoms with Crippen molar-refractivity contribution in [3.05, 3.63) is 0 Å². The lowest BCUT2D eigenvalue weighted by molar-refractivity contribution is -0.145. The van der Waals surface area contributed by atoms with E-state index in [1.165, 1.54) is 7.11 Å². The Balaban J connectivity index is 4.45. The highest BCUT2D eigenvalue weighted by Crippen LogP contribution is 2.07. The van der Waals surface area contributed by atoms with E-state index in [1.807, 2.05) is 6.92 Å². The smallest absolute Gasteiger partial charge is 0.427 e. The van der Waals surface area contributed by atoms with Crippen LogP contribution in [-0.4, -0.2) is 31.5 Å². The number of amides is 1. The zero-order valence-electron chi connectivity index (χ0n) is 10.1. The van der Waals surface area contributed by atoms with E-state index in [0.29, 0.717) is 18.7 Å². The molecule has 0 aromatic rings. The molecule has 0 rings (SSSR count). The number of carbonyl (C=O) groups is 2. The number of hydrogen-bond acceptors (Lipinski definition) is 5. The fourth-order valence-corrected chi connectivity index (χ4v) is 1.13. The minimum Gasteiger partial charge on any atom is -0.465 e. The van der Waals surface area contributed by atoms with Gasteiger partial charge in [0.1, 0.15) is 0 Å². The van der Waals surface area contributed by atoms with E-state index in [1.54, 1.807) is 13.8 Å². The normalized spacial score (nSPS) is 12.9. The van der Waals surface area contributed by atoms with Crippen molar-refractivity contribution in [2.75, 3.05) is 13.7 Å². The van der Waals surface area contributed by atoms with Crippen molar-refractivity contribution in [1.29, 1.82) is 0 Å². The Bertz CT molecular complexity index is 276. The van der Waals surface area contributed by atoms with Gasteiger partial charge in [-0.1, -0.05) is 6.92 Å². The monoisotopic (exact) mass is 230 g/mol. The maximum absolute atomic E-state index is 11.5. The minimum atomic E-state index is -0.668. The fourth-order valence-electron chi connectivity index (χ4n) is 1.13. The summed E-state index contributed by atoms with van der Waals surface area (Å²) in [5, 5.41) is 3.76. The van der Waals surface area contributed by atoms with Crippen LogP contribution in [0.3, 0.4) is 0 Å². The van der Waals surface area contributed by atoms with Gasteiger partial charge in [0.05, 0.1) is 19.6 Å². The van der Waals surface area contributed by atoms with Gasteiger partial charge in [-0.2, -0.15) is 5.10 Å². The van der Waals surface area contributed by atoms with Crippen LogP contribution in [0.4, 0.5) is 4.79 Å². The van der Waals surface area contributed by atoms with Crippen molar-refractivity contribution >= 4 is 17.8 Å². The van der Waals surface area contributed by atoms with Crippen LogP contribution < -0.4 is 5.43 Å². The molecule has 0 aromatic carbocycles. The van der Waals surface area contributed by atoms with Gasteiger partial charge in [-0.25, -0.2) is 10.2 Å². The van der Waals surface area contributed by atoms with Gasteiger partial charge in [0.2, 0.25) is 0 Å². The molecular formula is C10H18N2O4. The molecule has 6 nitrogen and oxygen atoms in total. The number of hydrazone groups is 1. The first kappa shape index (κ1) is 14.4. The molecule has 0 saturated heterocycles. The molecule has 1 amide bonds. The van der Waals surface area contributed by atoms with Gasteiger partial charge in [0.25, 0.3) is 0 Å². The summed E-state index contributed by atoms with van der Waals surface area (Å²) in [5.74, 6) is -0.768. The summed E-state index contributed by atoms with van der Waals surface area (Å²) >= 11 is 0. The van der Waals surface area contributed by atoms with Crippen LogP contribution in [0, 0.1) is 5.92 Å². The third-order valence-corrected chi connectivity index (χ3v) is 1.99. The SMILES string of the molecule is CCOC(=O)C(CC)/C(C)=N\NC(=O)OC. The third-order valence-electron chi connectivity index (χ3n) is 1.99. The Morgan fingerprint density at radius 1 is 1.38 bits per heavy atom. The molecule has 1 atom stereocenters. The lowest BCUT2D eigenvalue weighted by atomic mass is 10.0. The molecule has 0 aromatic heterocycles. The Hall–Kier alpha value is -1.59. The first-order valence-corrected chi connectivity index (χ1v) is 5.11. The van der Waals surface area contributed by atoms with Gasteiger partial charge in [0.15, 0.2) is 0 Å². The zero-order valence-corrected chi connectivity index (χ0v) is 10.1. The number of nitrogens with zero attached hydrogens (tertiary/aromatic N) is 1. The maximum Gasteiger partial charge on any atom is 0.427 e. The molecule has 0 heterocycles. The topological polar surface area (TPSA) is 77.0 Å². The summed E-state index contributed by atoms with van der Waals surface area (Å²) in [7, 11) is 1.24. The number of hydrogen-bond donors (Lipinski definition) is 1. The van der Waals surface area contributed by atoms with Gasteiger partial charge in [-0.15, -0.1) is 0 Å². The molecule has 0 aliphatic rings. The fraction of sp³-hybridized carbons (Fsp3) is 0.700. The number of ether oxygens (including phenoxy) is 2. The van der Waals surface area contributed by atoms with Gasteiger partial charge < -0.3 is 9.47 Å². The summed E-state index contributed by atoms with van der Waals surface area (Å²) in [6, 6.07) is 0. The van der Waals surface area contributed by atoms with Crippen LogP contribution in [0.15, 0.2) is 5.10 Å². The average Bonchev–Trinajstić information content (AvgIpc) is 2.27. The first-order valence-electron chi connectivity index (χ1n) is 5.11. The summed E-state index contributed by atoms with van der Waals surface area (Å²) in [6.45, 7) is 5.57. The van der Waals surface area contributed by atoms with Gasteiger partial charge in [-0.3, -0.25) is 4.79 Å². The largest absolute Gasteiger partial charge is 0.465 e. The van der Waals surface area contributed by atoms with Crippen molar-refractivity contribution in [2.45, 2.75) is 27.2 Å². The van der Waals surface area contributed by atoms with Crippen LogP contribution in [0.2, 0.25) is 0 Å². The molecule has 0 aliphatic carbocycles. The second kappa shape index (κ2) is 7.67. The predicted octanol–water partition coefficient (Wildman–Crippen LogP) is 1.31. The average molecular weight is 230 g/mol. The molecule has 6 heteroatoms. The number of methoxy groups -OCH3 is 1. The Kier molecular flexibility index (Phi) is 6.91. The van der Waals surface area contributed by atoms with E-state index >= 15 is 0 Å². The molecule has 0 radical (unpaired) electrons. The van der Waals surface area contributed by atoms with Crippen molar-refractivity contribution in [3.63, 3.8) is 0 Å². The predicted molar refractivity (Wildman–Crippen MR) is 59.1 cm³/mol. The molecule has 1 unspecified atom stereocenters. The van der Waals surface area contributed by atoms with E-state index in [2.05, 4.69) is 15.3 Å². The number of nitrogens with one attached hydrogen (secondary N) is 1. The zero-order chi connectivity index (χ0) is 12.6. The van der Waals surface area contributed by atoms with Crippen LogP contribution in [0.1, 0.15) is 27.2 Å². The standard InChI is InChI=1S/C10H18N2O4/c1-5-8(9(13)16-6-2)7(3)11-12-10(14)15-4/h8H,5-6H2,1-4H3,(H,12,14)/b11-7-. The quantitative estimate of drug-likeness (QED) is 0.439. The van der Waals surface area contributed by atoms with Crippen LogP contribution in [-0.2, 0) is 14.3 Å². The second-order valence-electron chi connectivity index (χ2n) is 3.07. The Labute approximate surface area is 95.0 Å². The summed E-state index contributed by atoms with van der Waals surface area (Å²) in [6.07, 6.45) is -0.102. The molecule has 0 aliphatic heterocycles. The second-order valence-corrected chi connectivity index (χ2v) is 3.07. The Morgan fingerprint density at radius 3 is 2.44 bits per heavy atom. The summed E-state index contributed by atoms with van der Waals surface area (Å²) in [5.41, 5.74) is 2.65. The number of esters is 1. The van der Waals surface area contributed by atoms with Crippen LogP contribution in [0.25, 0.3) is 0 Å². The van der Waals surface area contributed by atoms with Crippen molar-refractivity contribution < 1.29 is 19.1 Å². The molecule has 92 valence electrons. The van der Waals surface area contributed by atoms with E-state index in [4.69, 9.17) is 4.74 Å². The van der Waals surface area contributed by atoms with E-state index < -0.39 is 12.0 Å². The molecule has 1 N–H and O–H groups in total. The highest BCUT2D eigenvalue weighted by Gasteiger charge is 2.21. The van der Waals surface area contributed by atoms with E-state index in [9.17, 15) is 9.59 Å². The van der Waals surface area contributed by atoms with Gasteiger partial charge >= 0.3 is 12.1 Å². The summed E-state index contributed by atoms with van der Waals surface area (Å²) < 4.78 is 9.23. The van der Waals surface area contributed by atoms with Crippen LogP contribution in [0.5, 0.6) is 0 Å². The highest BCUT2D eigenvalue weighted by molar-refractivity contribution is 6.01. The summed E-state index contributed by atoms with van der Waals surface area (Å²) in [4.78, 5) is 22.2. The molecule has 0 saturated carbocycles. The van der Waals surface area contributed by atoms with Crippen molar-refractivity contribution in [2.24, 2.45) is 11.0 Å². The highest BCUT2D eigenvalue weighted by atomic mass is 16.5. The Morgan fingerprint density at radius 2 is 2.00 bits per heavy atom. The maximum atomic E-state index is 11.5. The first-order chi connectivity index (χ1) is 7.56. The van der Waals surface area contributed by atoms with E-state index in [-0.39, 0.29) is 5.97 Å². The number of rotatable bonds is 5. The molecule has 0 bridgehead atoms. The van der Waals surface area contributed by atoms with Crippen LogP contribution >= 0.6 is 0 Å². The van der Waals surface area contributed by atoms with Crippen molar-refractivity contribution in [1.82, 2.24) is 5.43 Å². The third kappa shape index (κ3) is 4.77. The lowest BCUT2D eigenvalue weighted by Crippen LogP contribution is -2.27. The van der Waals surface area contributed by atoms with Gasteiger partial charge in [0, 0.05) is 5.71 Å². The minimum absolute atomic E-state index is 0.326. The van der Waals surface area contributed by atoms with Crippen molar-refractivity contribution in [3.8, 4) is 0 Å². The molecular weight excluding hydrogens is 212 g/mol. The van der Waals surface area contributed by atoms with Gasteiger partial charge in [-0.05, 0) is 20.3 Å². The number of carbonyl (C=O) groups excluding carboxylic acids is 2. The molecule has 0 fully saturated rings. The lowest BCUT2D eigenvalue weighted by Gasteiger charge is -2.12. The molecule has 16 heavy (non-hydrogen) atoms. The van der Waals surface area contributed by atoms with E-state index in [0.717, 1.165) is 0 Å².